The van der Waals surface area contributed by atoms with Crippen molar-refractivity contribution < 1.29 is 14.4 Å². The van der Waals surface area contributed by atoms with E-state index in [1.54, 1.807) is 16.8 Å². The van der Waals surface area contributed by atoms with Crippen molar-refractivity contribution in [2.75, 3.05) is 7.05 Å². The number of urea groups is 1. The molecule has 2 atom stereocenters. The fourth-order valence-electron chi connectivity index (χ4n) is 4.02. The van der Waals surface area contributed by atoms with Crippen LogP contribution in [0.4, 0.5) is 4.79 Å². The molecule has 21 heavy (non-hydrogen) atoms. The number of carbonyl (C=O) groups excluding carboxylic acids is 3. The van der Waals surface area contributed by atoms with E-state index in [-0.39, 0.29) is 35.8 Å². The molecule has 0 aromatic heterocycles. The van der Waals surface area contributed by atoms with Crippen LogP contribution in [-0.2, 0) is 9.59 Å². The molecule has 3 heterocycles. The number of carbonyl (C=O) groups is 3. The molecule has 0 radical (unpaired) electrons. The second-order valence-electron chi connectivity index (χ2n) is 6.47. The van der Waals surface area contributed by atoms with Gasteiger partial charge in [0.1, 0.15) is 5.54 Å². The number of nitrogens with zero attached hydrogens (tertiary/aromatic N) is 2. The van der Waals surface area contributed by atoms with Gasteiger partial charge in [0, 0.05) is 13.0 Å². The average Bonchev–Trinajstić information content (AvgIpc) is 2.62. The van der Waals surface area contributed by atoms with Gasteiger partial charge in [-0.05, 0) is 19.8 Å². The number of hydrogen-bond acceptors (Lipinski definition) is 3. The van der Waals surface area contributed by atoms with Crippen molar-refractivity contribution in [3.8, 4) is 0 Å². The van der Waals surface area contributed by atoms with Crippen LogP contribution in [0.15, 0.2) is 23.8 Å². The van der Waals surface area contributed by atoms with E-state index in [1.807, 2.05) is 19.1 Å². The minimum atomic E-state index is -0.841. The molecule has 4 amide bonds. The predicted octanol–water partition coefficient (Wildman–Crippen LogP) is 0.412. The summed E-state index contributed by atoms with van der Waals surface area (Å²) >= 11 is 0. The van der Waals surface area contributed by atoms with E-state index in [0.717, 1.165) is 5.57 Å². The summed E-state index contributed by atoms with van der Waals surface area (Å²) in [4.78, 5) is 40.0. The van der Waals surface area contributed by atoms with Crippen LogP contribution in [-0.4, -0.2) is 52.3 Å². The zero-order chi connectivity index (χ0) is 14.9. The van der Waals surface area contributed by atoms with E-state index in [4.69, 9.17) is 0 Å². The number of allylic oxidation sites excluding steroid dienone is 2. The SMILES string of the molecule is CC1=CC2C(C=C1)N(C13CC(C1)C(=O)NC3=O)C(=O)N2C. The molecule has 2 aliphatic carbocycles. The Balaban J connectivity index is 1.73. The van der Waals surface area contributed by atoms with Crippen molar-refractivity contribution >= 4 is 17.8 Å². The van der Waals surface area contributed by atoms with Crippen molar-refractivity contribution in [1.29, 1.82) is 0 Å². The van der Waals surface area contributed by atoms with E-state index in [0.29, 0.717) is 12.8 Å². The molecule has 1 N–H and O–H groups in total. The second kappa shape index (κ2) is 3.75. The van der Waals surface area contributed by atoms with Crippen LogP contribution < -0.4 is 5.32 Å². The summed E-state index contributed by atoms with van der Waals surface area (Å²) in [6, 6.07) is -0.309. The molecule has 3 aliphatic heterocycles. The summed E-state index contributed by atoms with van der Waals surface area (Å²) in [5.74, 6) is -0.657. The molecule has 110 valence electrons. The van der Waals surface area contributed by atoms with E-state index in [1.165, 1.54) is 0 Å². The molecular formula is C15H17N3O3. The summed E-state index contributed by atoms with van der Waals surface area (Å²) in [6.07, 6.45) is 6.95. The van der Waals surface area contributed by atoms with Crippen LogP contribution in [0.1, 0.15) is 19.8 Å². The Bertz CT molecular complexity index is 630. The molecular weight excluding hydrogens is 270 g/mol. The third kappa shape index (κ3) is 1.40. The van der Waals surface area contributed by atoms with E-state index in [2.05, 4.69) is 11.4 Å². The van der Waals surface area contributed by atoms with Gasteiger partial charge in [-0.2, -0.15) is 0 Å². The molecule has 5 rings (SSSR count). The minimum absolute atomic E-state index is 0.0404. The first-order valence-electron chi connectivity index (χ1n) is 7.22. The van der Waals surface area contributed by atoms with Crippen molar-refractivity contribution in [2.45, 2.75) is 37.4 Å². The molecule has 0 aromatic rings. The summed E-state index contributed by atoms with van der Waals surface area (Å²) in [5.41, 5.74) is 0.275. The lowest BCUT2D eigenvalue weighted by atomic mass is 9.63. The van der Waals surface area contributed by atoms with Crippen molar-refractivity contribution in [3.63, 3.8) is 0 Å². The van der Waals surface area contributed by atoms with Gasteiger partial charge in [-0.3, -0.25) is 14.9 Å². The largest absolute Gasteiger partial charge is 0.321 e. The first-order chi connectivity index (χ1) is 9.94. The Morgan fingerprint density at radius 3 is 2.62 bits per heavy atom. The normalized spacial score (nSPS) is 40.8. The Labute approximate surface area is 122 Å². The van der Waals surface area contributed by atoms with E-state index >= 15 is 0 Å². The number of rotatable bonds is 1. The third-order valence-corrected chi connectivity index (χ3v) is 5.25. The smallest absolute Gasteiger partial charge is 0.319 e. The van der Waals surface area contributed by atoms with Gasteiger partial charge in [-0.15, -0.1) is 0 Å². The number of nitrogens with one attached hydrogen (secondary N) is 1. The zero-order valence-corrected chi connectivity index (χ0v) is 12.0. The minimum Gasteiger partial charge on any atom is -0.319 e. The molecule has 2 unspecified atom stereocenters. The fourth-order valence-corrected chi connectivity index (χ4v) is 4.02. The molecule has 2 bridgehead atoms. The highest BCUT2D eigenvalue weighted by atomic mass is 16.2. The first-order valence-corrected chi connectivity index (χ1v) is 7.22. The fraction of sp³-hybridized carbons (Fsp3) is 0.533. The summed E-state index contributed by atoms with van der Waals surface area (Å²) < 4.78 is 0. The van der Waals surface area contributed by atoms with Gasteiger partial charge in [-0.1, -0.05) is 23.8 Å². The highest BCUT2D eigenvalue weighted by molar-refractivity contribution is 6.08. The third-order valence-electron chi connectivity index (χ3n) is 5.25. The molecule has 6 nitrogen and oxygen atoms in total. The highest BCUT2D eigenvalue weighted by Gasteiger charge is 2.65. The topological polar surface area (TPSA) is 69.7 Å². The quantitative estimate of drug-likeness (QED) is 0.710. The Hall–Kier alpha value is -2.11. The first kappa shape index (κ1) is 12.6. The van der Waals surface area contributed by atoms with Gasteiger partial charge in [0.15, 0.2) is 0 Å². The van der Waals surface area contributed by atoms with Gasteiger partial charge >= 0.3 is 6.03 Å². The lowest BCUT2D eigenvalue weighted by Crippen LogP contribution is -2.74. The maximum absolute atomic E-state index is 12.7. The lowest BCUT2D eigenvalue weighted by Gasteiger charge is -2.55. The van der Waals surface area contributed by atoms with Crippen LogP contribution >= 0.6 is 0 Å². The maximum atomic E-state index is 12.7. The summed E-state index contributed by atoms with van der Waals surface area (Å²) in [5, 5.41) is 2.41. The average molecular weight is 287 g/mol. The van der Waals surface area contributed by atoms with Crippen molar-refractivity contribution in [1.82, 2.24) is 15.1 Å². The molecule has 1 saturated carbocycles. The standard InChI is InChI=1S/C15H17N3O3/c1-8-3-4-10-11(5-8)17(2)14(21)18(10)15-6-9(7-15)12(19)16-13(15)20/h3-5,9-11H,6-7H2,1-2H3,(H,16,19,20). The highest BCUT2D eigenvalue weighted by Crippen LogP contribution is 2.49. The van der Waals surface area contributed by atoms with Gasteiger partial charge in [-0.25, -0.2) is 4.79 Å². The number of hydrogen-bond donors (Lipinski definition) is 1. The van der Waals surface area contributed by atoms with Gasteiger partial charge in [0.2, 0.25) is 5.91 Å². The van der Waals surface area contributed by atoms with Crippen LogP contribution in [0.2, 0.25) is 0 Å². The Morgan fingerprint density at radius 1 is 1.24 bits per heavy atom. The van der Waals surface area contributed by atoms with Crippen LogP contribution in [0.5, 0.6) is 0 Å². The second-order valence-corrected chi connectivity index (χ2v) is 6.47. The zero-order valence-electron chi connectivity index (χ0n) is 12.0. The van der Waals surface area contributed by atoms with Crippen molar-refractivity contribution in [3.05, 3.63) is 23.8 Å². The van der Waals surface area contributed by atoms with E-state index < -0.39 is 5.54 Å². The van der Waals surface area contributed by atoms with Crippen LogP contribution in [0.25, 0.3) is 0 Å². The van der Waals surface area contributed by atoms with Gasteiger partial charge < -0.3 is 9.80 Å². The number of piperidine rings is 2. The van der Waals surface area contributed by atoms with Gasteiger partial charge in [0.05, 0.1) is 12.1 Å². The Kier molecular flexibility index (Phi) is 2.25. The molecule has 0 aromatic carbocycles. The van der Waals surface area contributed by atoms with Crippen molar-refractivity contribution in [2.24, 2.45) is 5.92 Å². The van der Waals surface area contributed by atoms with Crippen LogP contribution in [0.3, 0.4) is 0 Å². The Morgan fingerprint density at radius 2 is 1.95 bits per heavy atom. The van der Waals surface area contributed by atoms with Crippen LogP contribution in [0, 0.1) is 5.92 Å². The molecule has 5 aliphatic rings. The number of imide groups is 1. The maximum Gasteiger partial charge on any atom is 0.321 e. The predicted molar refractivity (Wildman–Crippen MR) is 74.1 cm³/mol. The molecule has 0 spiro atoms. The lowest BCUT2D eigenvalue weighted by molar-refractivity contribution is -0.160. The number of amides is 4. The monoisotopic (exact) mass is 287 g/mol. The molecule has 6 heteroatoms. The number of fused-ring (bicyclic) bond motifs is 3. The van der Waals surface area contributed by atoms with E-state index in [9.17, 15) is 14.4 Å². The van der Waals surface area contributed by atoms with Gasteiger partial charge in [0.25, 0.3) is 5.91 Å². The molecule has 4 fully saturated rings. The molecule has 3 saturated heterocycles. The summed E-state index contributed by atoms with van der Waals surface area (Å²) in [7, 11) is 1.77. The number of likely N-dealkylation sites (N-methyl/N-ethyl adjacent to an activating group) is 1. The summed E-state index contributed by atoms with van der Waals surface area (Å²) in [6.45, 7) is 2.00.